The van der Waals surface area contributed by atoms with E-state index in [0.717, 1.165) is 43.9 Å². The Kier molecular flexibility index (Phi) is 11.2. The number of carbonyl (C=O) groups excluding carboxylic acids is 1. The molecule has 0 fully saturated rings. The van der Waals surface area contributed by atoms with E-state index in [1.54, 1.807) is 12.1 Å². The highest BCUT2D eigenvalue weighted by Crippen LogP contribution is 2.25. The van der Waals surface area contributed by atoms with Crippen molar-refractivity contribution in [3.8, 4) is 11.8 Å². The van der Waals surface area contributed by atoms with Gasteiger partial charge in [-0.25, -0.2) is 0 Å². The molecule has 1 aromatic heterocycles. The van der Waals surface area contributed by atoms with Gasteiger partial charge in [0, 0.05) is 17.5 Å². The molecule has 0 aliphatic carbocycles. The monoisotopic (exact) mass is 430 g/mol. The number of unbranched alkanes of at least 4 members (excludes halogenated alkanes) is 3. The molecule has 0 aliphatic heterocycles. The van der Waals surface area contributed by atoms with Crippen LogP contribution in [0.5, 0.6) is 11.8 Å². The molecule has 0 atom stereocenters. The molecule has 0 saturated carbocycles. The molecule has 0 aliphatic rings. The summed E-state index contributed by atoms with van der Waals surface area (Å²) in [6.07, 6.45) is 5.78. The average Bonchev–Trinajstić information content (AvgIpc) is 2.62. The van der Waals surface area contributed by atoms with Crippen LogP contribution in [0.1, 0.15) is 59.3 Å². The van der Waals surface area contributed by atoms with Crippen molar-refractivity contribution in [3.05, 3.63) is 12.1 Å². The topological polar surface area (TPSA) is 70.5 Å². The maximum Gasteiger partial charge on any atom is 0.311 e. The summed E-state index contributed by atoms with van der Waals surface area (Å²) >= 11 is 3.41. The van der Waals surface area contributed by atoms with Crippen molar-refractivity contribution in [2.75, 3.05) is 25.2 Å². The summed E-state index contributed by atoms with van der Waals surface area (Å²) in [6.45, 7) is 7.26. The van der Waals surface area contributed by atoms with E-state index >= 15 is 0 Å². The quantitative estimate of drug-likeness (QED) is 0.244. The fourth-order valence-electron chi connectivity index (χ4n) is 2.29. The SMILES string of the molecule is CCOC(=O)C(C)(C)CCCCOc1ccc(OCCCCCBr)nn1. The Morgan fingerprint density at radius 3 is 2.08 bits per heavy atom. The van der Waals surface area contributed by atoms with Crippen LogP contribution < -0.4 is 9.47 Å². The molecule has 6 nitrogen and oxygen atoms in total. The van der Waals surface area contributed by atoms with Crippen molar-refractivity contribution in [2.45, 2.75) is 59.3 Å². The first-order chi connectivity index (χ1) is 12.5. The van der Waals surface area contributed by atoms with Crippen molar-refractivity contribution >= 4 is 21.9 Å². The van der Waals surface area contributed by atoms with E-state index in [0.29, 0.717) is 31.6 Å². The molecule has 0 radical (unpaired) electrons. The summed E-state index contributed by atoms with van der Waals surface area (Å²) in [5.74, 6) is 0.864. The number of aromatic nitrogens is 2. The van der Waals surface area contributed by atoms with Crippen LogP contribution in [-0.4, -0.2) is 41.3 Å². The van der Waals surface area contributed by atoms with E-state index < -0.39 is 5.41 Å². The van der Waals surface area contributed by atoms with Crippen LogP contribution in [0.2, 0.25) is 0 Å². The first-order valence-corrected chi connectivity index (χ1v) is 10.4. The summed E-state index contributed by atoms with van der Waals surface area (Å²) in [6, 6.07) is 3.54. The van der Waals surface area contributed by atoms with E-state index in [4.69, 9.17) is 14.2 Å². The summed E-state index contributed by atoms with van der Waals surface area (Å²) in [4.78, 5) is 11.8. The van der Waals surface area contributed by atoms with Crippen molar-refractivity contribution in [2.24, 2.45) is 5.41 Å². The van der Waals surface area contributed by atoms with Crippen LogP contribution in [-0.2, 0) is 9.53 Å². The van der Waals surface area contributed by atoms with Gasteiger partial charge in [0.15, 0.2) is 0 Å². The van der Waals surface area contributed by atoms with Crippen LogP contribution in [0.25, 0.3) is 0 Å². The number of alkyl halides is 1. The first kappa shape index (κ1) is 22.7. The Morgan fingerprint density at radius 1 is 1.00 bits per heavy atom. The maximum absolute atomic E-state index is 11.8. The molecule has 0 unspecified atom stereocenters. The number of rotatable bonds is 14. The number of halogens is 1. The lowest BCUT2D eigenvalue weighted by atomic mass is 9.87. The Morgan fingerprint density at radius 2 is 1.58 bits per heavy atom. The van der Waals surface area contributed by atoms with Gasteiger partial charge in [-0.1, -0.05) is 15.9 Å². The average molecular weight is 431 g/mol. The van der Waals surface area contributed by atoms with Crippen LogP contribution >= 0.6 is 15.9 Å². The van der Waals surface area contributed by atoms with E-state index in [-0.39, 0.29) is 5.97 Å². The van der Waals surface area contributed by atoms with Gasteiger partial charge >= 0.3 is 5.97 Å². The smallest absolute Gasteiger partial charge is 0.311 e. The molecule has 7 heteroatoms. The fourth-order valence-corrected chi connectivity index (χ4v) is 2.68. The zero-order valence-electron chi connectivity index (χ0n) is 16.1. The number of esters is 1. The Bertz CT molecular complexity index is 509. The molecule has 0 saturated heterocycles. The van der Waals surface area contributed by atoms with Crippen LogP contribution in [0.4, 0.5) is 0 Å². The van der Waals surface area contributed by atoms with Gasteiger partial charge < -0.3 is 14.2 Å². The van der Waals surface area contributed by atoms with Crippen LogP contribution in [0.15, 0.2) is 12.1 Å². The number of hydrogen-bond donors (Lipinski definition) is 0. The third kappa shape index (κ3) is 9.36. The highest BCUT2D eigenvalue weighted by atomic mass is 79.9. The second-order valence-electron chi connectivity index (χ2n) is 6.72. The molecule has 0 aromatic carbocycles. The number of ether oxygens (including phenoxy) is 3. The Balaban J connectivity index is 2.18. The van der Waals surface area contributed by atoms with Gasteiger partial charge in [0.25, 0.3) is 0 Å². The zero-order chi connectivity index (χ0) is 19.3. The lowest BCUT2D eigenvalue weighted by Crippen LogP contribution is -2.26. The summed E-state index contributed by atoms with van der Waals surface area (Å²) in [7, 11) is 0. The third-order valence-corrected chi connectivity index (χ3v) is 4.48. The standard InChI is InChI=1S/C19H31BrN2O4/c1-4-24-18(23)19(2,3)12-6-9-15-26-17-11-10-16(21-22-17)25-14-8-5-7-13-20/h10-11H,4-9,12-15H2,1-3H3. The molecular formula is C19H31BrN2O4. The second-order valence-corrected chi connectivity index (χ2v) is 7.51. The molecule has 0 bridgehead atoms. The van der Waals surface area contributed by atoms with Gasteiger partial charge in [-0.3, -0.25) is 4.79 Å². The second kappa shape index (κ2) is 12.9. The van der Waals surface area contributed by atoms with Gasteiger partial charge in [-0.2, -0.15) is 0 Å². The van der Waals surface area contributed by atoms with Gasteiger partial charge in [-0.15, -0.1) is 10.2 Å². The van der Waals surface area contributed by atoms with Crippen molar-refractivity contribution in [1.82, 2.24) is 10.2 Å². The van der Waals surface area contributed by atoms with E-state index in [1.807, 2.05) is 20.8 Å². The molecule has 0 N–H and O–H groups in total. The van der Waals surface area contributed by atoms with Gasteiger partial charge in [0.1, 0.15) is 0 Å². The lowest BCUT2D eigenvalue weighted by molar-refractivity contribution is -0.153. The Labute approximate surface area is 165 Å². The largest absolute Gasteiger partial charge is 0.477 e. The zero-order valence-corrected chi connectivity index (χ0v) is 17.7. The van der Waals surface area contributed by atoms with Crippen LogP contribution in [0, 0.1) is 5.41 Å². The van der Waals surface area contributed by atoms with Crippen LogP contribution in [0.3, 0.4) is 0 Å². The number of nitrogens with zero attached hydrogens (tertiary/aromatic N) is 2. The minimum Gasteiger partial charge on any atom is -0.477 e. The molecule has 148 valence electrons. The predicted octanol–water partition coefficient (Wildman–Crippen LogP) is 4.56. The number of hydrogen-bond acceptors (Lipinski definition) is 6. The normalized spacial score (nSPS) is 11.2. The molecule has 26 heavy (non-hydrogen) atoms. The van der Waals surface area contributed by atoms with Crippen molar-refractivity contribution < 1.29 is 19.0 Å². The minimum absolute atomic E-state index is 0.144. The molecule has 0 amide bonds. The number of carbonyl (C=O) groups is 1. The molecule has 1 heterocycles. The molecule has 0 spiro atoms. The van der Waals surface area contributed by atoms with E-state index in [9.17, 15) is 4.79 Å². The summed E-state index contributed by atoms with van der Waals surface area (Å²) in [5, 5.41) is 9.05. The van der Waals surface area contributed by atoms with Crippen molar-refractivity contribution in [1.29, 1.82) is 0 Å². The summed E-state index contributed by atoms with van der Waals surface area (Å²) < 4.78 is 16.2. The summed E-state index contributed by atoms with van der Waals surface area (Å²) in [5.41, 5.74) is -0.455. The predicted molar refractivity (Wildman–Crippen MR) is 105 cm³/mol. The highest BCUT2D eigenvalue weighted by Gasteiger charge is 2.28. The van der Waals surface area contributed by atoms with Gasteiger partial charge in [0.05, 0.1) is 25.2 Å². The first-order valence-electron chi connectivity index (χ1n) is 9.32. The van der Waals surface area contributed by atoms with Crippen molar-refractivity contribution in [3.63, 3.8) is 0 Å². The highest BCUT2D eigenvalue weighted by molar-refractivity contribution is 9.09. The maximum atomic E-state index is 11.8. The van der Waals surface area contributed by atoms with E-state index in [2.05, 4.69) is 26.1 Å². The lowest BCUT2D eigenvalue weighted by Gasteiger charge is -2.21. The van der Waals surface area contributed by atoms with Gasteiger partial charge in [-0.05, 0) is 59.3 Å². The Hall–Kier alpha value is -1.37. The van der Waals surface area contributed by atoms with E-state index in [1.165, 1.54) is 0 Å². The molecule has 1 rings (SSSR count). The molecule has 1 aromatic rings. The fraction of sp³-hybridized carbons (Fsp3) is 0.737. The molecular weight excluding hydrogens is 400 g/mol. The minimum atomic E-state index is -0.455. The third-order valence-electron chi connectivity index (χ3n) is 3.92. The van der Waals surface area contributed by atoms with Gasteiger partial charge in [0.2, 0.25) is 11.8 Å².